The van der Waals surface area contributed by atoms with Crippen molar-refractivity contribution in [3.05, 3.63) is 89.2 Å². The predicted octanol–water partition coefficient (Wildman–Crippen LogP) is 3.75. The van der Waals surface area contributed by atoms with Crippen molar-refractivity contribution in [1.29, 1.82) is 0 Å². The molecule has 2 N–H and O–H groups in total. The number of ether oxygens (including phenoxy) is 2. The summed E-state index contributed by atoms with van der Waals surface area (Å²) in [5.41, 5.74) is 1.99. The fourth-order valence-electron chi connectivity index (χ4n) is 4.15. The van der Waals surface area contributed by atoms with Gasteiger partial charge in [-0.1, -0.05) is 12.1 Å². The number of benzene rings is 3. The molecule has 0 aromatic heterocycles. The Morgan fingerprint density at radius 3 is 2.35 bits per heavy atom. The molecule has 0 radical (unpaired) electrons. The zero-order valence-electron chi connectivity index (χ0n) is 20.7. The van der Waals surface area contributed by atoms with Crippen LogP contribution >= 0.6 is 0 Å². The second kappa shape index (κ2) is 11.7. The summed E-state index contributed by atoms with van der Waals surface area (Å²) in [7, 11) is -2.28. The molecule has 8 nitrogen and oxygen atoms in total. The van der Waals surface area contributed by atoms with Crippen molar-refractivity contribution in [2.75, 3.05) is 44.7 Å². The number of methoxy groups -OCH3 is 1. The molecule has 0 unspecified atom stereocenters. The van der Waals surface area contributed by atoms with Gasteiger partial charge in [-0.25, -0.2) is 12.8 Å². The van der Waals surface area contributed by atoms with E-state index < -0.39 is 15.8 Å². The number of nitrogens with zero attached hydrogens (tertiary/aromatic N) is 1. The number of anilines is 1. The van der Waals surface area contributed by atoms with E-state index in [9.17, 15) is 17.6 Å². The molecule has 1 heterocycles. The summed E-state index contributed by atoms with van der Waals surface area (Å²) < 4.78 is 52.0. The van der Waals surface area contributed by atoms with Crippen LogP contribution in [-0.4, -0.2) is 59.2 Å². The summed E-state index contributed by atoms with van der Waals surface area (Å²) >= 11 is 0. The van der Waals surface area contributed by atoms with Gasteiger partial charge in [0.05, 0.1) is 31.3 Å². The first kappa shape index (κ1) is 26.6. The number of sulfonamides is 1. The number of hydrogen-bond donors (Lipinski definition) is 2. The van der Waals surface area contributed by atoms with E-state index in [0.717, 1.165) is 30.5 Å². The normalized spacial score (nSPS) is 15.1. The van der Waals surface area contributed by atoms with Crippen LogP contribution in [0.4, 0.5) is 10.1 Å². The number of aryl methyl sites for hydroxylation is 1. The molecule has 3 aromatic rings. The Morgan fingerprint density at radius 2 is 1.73 bits per heavy atom. The van der Waals surface area contributed by atoms with Crippen molar-refractivity contribution in [2.24, 2.45) is 0 Å². The Labute approximate surface area is 216 Å². The summed E-state index contributed by atoms with van der Waals surface area (Å²) in [6.45, 7) is 4.68. The van der Waals surface area contributed by atoms with Crippen LogP contribution in [0.15, 0.2) is 71.6 Å². The average Bonchev–Trinajstić information content (AvgIpc) is 2.91. The van der Waals surface area contributed by atoms with E-state index in [1.54, 1.807) is 19.2 Å². The van der Waals surface area contributed by atoms with E-state index in [4.69, 9.17) is 9.47 Å². The minimum atomic E-state index is -3.90. The Hall–Kier alpha value is -3.47. The van der Waals surface area contributed by atoms with Gasteiger partial charge in [-0.3, -0.25) is 14.4 Å². The van der Waals surface area contributed by atoms with Gasteiger partial charge in [-0.2, -0.15) is 0 Å². The van der Waals surface area contributed by atoms with Gasteiger partial charge in [0.15, 0.2) is 0 Å². The van der Waals surface area contributed by atoms with Gasteiger partial charge in [0.25, 0.3) is 15.9 Å². The Balaban J connectivity index is 1.42. The van der Waals surface area contributed by atoms with Crippen molar-refractivity contribution in [3.63, 3.8) is 0 Å². The highest BCUT2D eigenvalue weighted by molar-refractivity contribution is 7.92. The zero-order chi connectivity index (χ0) is 26.4. The molecule has 196 valence electrons. The quantitative estimate of drug-likeness (QED) is 0.440. The van der Waals surface area contributed by atoms with Crippen LogP contribution in [0, 0.1) is 12.7 Å². The van der Waals surface area contributed by atoms with Gasteiger partial charge in [-0.15, -0.1) is 0 Å². The van der Waals surface area contributed by atoms with Crippen LogP contribution in [0.1, 0.15) is 27.5 Å². The van der Waals surface area contributed by atoms with Crippen molar-refractivity contribution in [1.82, 2.24) is 10.2 Å². The van der Waals surface area contributed by atoms with Gasteiger partial charge in [0.1, 0.15) is 11.6 Å². The molecule has 0 spiro atoms. The molecular weight excluding hydrogens is 497 g/mol. The summed E-state index contributed by atoms with van der Waals surface area (Å²) in [6.07, 6.45) is 0. The highest BCUT2D eigenvalue weighted by Crippen LogP contribution is 2.24. The summed E-state index contributed by atoms with van der Waals surface area (Å²) in [5, 5.41) is 3.00. The van der Waals surface area contributed by atoms with Gasteiger partial charge >= 0.3 is 0 Å². The molecule has 37 heavy (non-hydrogen) atoms. The van der Waals surface area contributed by atoms with E-state index in [1.807, 2.05) is 24.3 Å². The maximum atomic E-state index is 13.5. The predicted molar refractivity (Wildman–Crippen MR) is 139 cm³/mol. The lowest BCUT2D eigenvalue weighted by atomic mass is 10.0. The molecule has 0 aliphatic carbocycles. The molecule has 0 saturated carbocycles. The lowest BCUT2D eigenvalue weighted by Crippen LogP contribution is -2.43. The molecular formula is C27H30FN3O5S. The van der Waals surface area contributed by atoms with Crippen LogP contribution in [0.3, 0.4) is 0 Å². The first-order valence-corrected chi connectivity index (χ1v) is 13.4. The minimum Gasteiger partial charge on any atom is -0.497 e. The van der Waals surface area contributed by atoms with Crippen molar-refractivity contribution >= 4 is 21.6 Å². The fourth-order valence-corrected chi connectivity index (χ4v) is 5.30. The third kappa shape index (κ3) is 6.65. The second-order valence-corrected chi connectivity index (χ2v) is 10.4. The maximum absolute atomic E-state index is 13.5. The first-order chi connectivity index (χ1) is 17.8. The van der Waals surface area contributed by atoms with Crippen molar-refractivity contribution < 1.29 is 27.1 Å². The van der Waals surface area contributed by atoms with Crippen LogP contribution in [0.2, 0.25) is 0 Å². The van der Waals surface area contributed by atoms with E-state index in [-0.39, 0.29) is 22.4 Å². The molecule has 4 rings (SSSR count). The number of halogens is 1. The van der Waals surface area contributed by atoms with E-state index in [2.05, 4.69) is 14.9 Å². The van der Waals surface area contributed by atoms with Gasteiger partial charge < -0.3 is 14.8 Å². The van der Waals surface area contributed by atoms with Crippen LogP contribution in [-0.2, 0) is 14.8 Å². The van der Waals surface area contributed by atoms with E-state index in [0.29, 0.717) is 31.0 Å². The molecule has 10 heteroatoms. The smallest absolute Gasteiger partial charge is 0.261 e. The van der Waals surface area contributed by atoms with E-state index in [1.165, 1.54) is 31.2 Å². The van der Waals surface area contributed by atoms with Crippen LogP contribution in [0.25, 0.3) is 0 Å². The first-order valence-electron chi connectivity index (χ1n) is 11.9. The number of carbonyl (C=O) groups is 1. The lowest BCUT2D eigenvalue weighted by molar-refractivity contribution is 0.0162. The number of carbonyl (C=O) groups excluding carboxylic acids is 1. The van der Waals surface area contributed by atoms with Crippen LogP contribution < -0.4 is 14.8 Å². The highest BCUT2D eigenvalue weighted by atomic mass is 32.2. The summed E-state index contributed by atoms with van der Waals surface area (Å²) in [6, 6.07) is 17.5. The Bertz CT molecular complexity index is 1330. The van der Waals surface area contributed by atoms with Gasteiger partial charge in [0, 0.05) is 30.9 Å². The molecule has 1 aliphatic heterocycles. The fraction of sp³-hybridized carbons (Fsp3) is 0.296. The largest absolute Gasteiger partial charge is 0.497 e. The number of rotatable bonds is 9. The molecule has 1 aliphatic rings. The highest BCUT2D eigenvalue weighted by Gasteiger charge is 2.24. The zero-order valence-corrected chi connectivity index (χ0v) is 21.6. The maximum Gasteiger partial charge on any atom is 0.261 e. The average molecular weight is 528 g/mol. The third-order valence-electron chi connectivity index (χ3n) is 6.28. The molecule has 1 atom stereocenters. The third-order valence-corrected chi connectivity index (χ3v) is 7.66. The molecule has 1 saturated heterocycles. The minimum absolute atomic E-state index is 0.0380. The van der Waals surface area contributed by atoms with E-state index >= 15 is 0 Å². The molecule has 1 amide bonds. The number of morpholine rings is 1. The number of hydrogen-bond acceptors (Lipinski definition) is 6. The van der Waals surface area contributed by atoms with Crippen molar-refractivity contribution in [2.45, 2.75) is 17.9 Å². The van der Waals surface area contributed by atoms with Gasteiger partial charge in [-0.05, 0) is 72.6 Å². The Kier molecular flexibility index (Phi) is 8.42. The number of nitrogens with one attached hydrogen (secondary N) is 2. The van der Waals surface area contributed by atoms with Crippen LogP contribution in [0.5, 0.6) is 5.75 Å². The topological polar surface area (TPSA) is 97.0 Å². The van der Waals surface area contributed by atoms with Crippen molar-refractivity contribution in [3.8, 4) is 5.75 Å². The summed E-state index contributed by atoms with van der Waals surface area (Å²) in [4.78, 5) is 15.1. The Morgan fingerprint density at radius 1 is 1.05 bits per heavy atom. The summed E-state index contributed by atoms with van der Waals surface area (Å²) in [5.74, 6) is 0.0197. The second-order valence-electron chi connectivity index (χ2n) is 8.74. The standard InChI is InChI=1S/C27H30FN3O5S/c1-19-17-24(11-12-25(19)28)37(33,34)30-22-7-3-21(4-8-22)27(32)29-18-26(31-13-15-36-16-14-31)20-5-9-23(35-2)10-6-20/h3-12,17,26,30H,13-16,18H2,1-2H3,(H,29,32)/t26-/m1/s1. The number of amides is 1. The monoisotopic (exact) mass is 527 g/mol. The lowest BCUT2D eigenvalue weighted by Gasteiger charge is -2.35. The molecule has 1 fully saturated rings. The molecule has 3 aromatic carbocycles. The van der Waals surface area contributed by atoms with Gasteiger partial charge in [0.2, 0.25) is 0 Å². The SMILES string of the molecule is COc1ccc([C@@H](CNC(=O)c2ccc(NS(=O)(=O)c3ccc(F)c(C)c3)cc2)N2CCOCC2)cc1. The molecule has 0 bridgehead atoms.